The predicted molar refractivity (Wildman–Crippen MR) is 40.6 cm³/mol. The van der Waals surface area contributed by atoms with Crippen molar-refractivity contribution in [2.45, 2.75) is 6.67 Å². The van der Waals surface area contributed by atoms with E-state index in [4.69, 9.17) is 5.11 Å². The lowest BCUT2D eigenvalue weighted by atomic mass is 10.2. The summed E-state index contributed by atoms with van der Waals surface area (Å²) in [5.74, 6) is -1.30. The lowest BCUT2D eigenvalue weighted by Crippen LogP contribution is -1.84. The number of aromatic hydroxyl groups is 1. The van der Waals surface area contributed by atoms with E-state index in [-0.39, 0.29) is 10.0 Å². The van der Waals surface area contributed by atoms with Crippen LogP contribution in [-0.4, -0.2) is 5.11 Å². The third-order valence-corrected chi connectivity index (χ3v) is 2.18. The van der Waals surface area contributed by atoms with Crippen LogP contribution in [0.4, 0.5) is 8.78 Å². The third kappa shape index (κ3) is 1.50. The molecule has 0 saturated carbocycles. The Morgan fingerprint density at radius 1 is 1.45 bits per heavy atom. The van der Waals surface area contributed by atoms with E-state index in [9.17, 15) is 8.78 Å². The fraction of sp³-hybridized carbons (Fsp3) is 0.143. The summed E-state index contributed by atoms with van der Waals surface area (Å²) in [4.78, 5) is 0. The first kappa shape index (κ1) is 8.46. The second-order valence-electron chi connectivity index (χ2n) is 2.00. The van der Waals surface area contributed by atoms with E-state index in [1.165, 1.54) is 6.07 Å². The van der Waals surface area contributed by atoms with Crippen LogP contribution in [0.25, 0.3) is 0 Å². The van der Waals surface area contributed by atoms with Gasteiger partial charge in [0.25, 0.3) is 0 Å². The van der Waals surface area contributed by atoms with Gasteiger partial charge in [0, 0.05) is 5.56 Å². The minimum absolute atomic E-state index is 0.0833. The lowest BCUT2D eigenvalue weighted by Gasteiger charge is -2.01. The highest BCUT2D eigenvalue weighted by atomic mass is 79.9. The summed E-state index contributed by atoms with van der Waals surface area (Å²) < 4.78 is 24.6. The van der Waals surface area contributed by atoms with E-state index in [1.807, 2.05) is 0 Å². The van der Waals surface area contributed by atoms with Crippen LogP contribution in [0.3, 0.4) is 0 Å². The Morgan fingerprint density at radius 3 is 2.64 bits per heavy atom. The van der Waals surface area contributed by atoms with Crippen LogP contribution < -0.4 is 0 Å². The summed E-state index contributed by atoms with van der Waals surface area (Å²) in [6.45, 7) is -0.728. The second-order valence-corrected chi connectivity index (χ2v) is 2.80. The van der Waals surface area contributed by atoms with Gasteiger partial charge in [0.2, 0.25) is 0 Å². The van der Waals surface area contributed by atoms with Gasteiger partial charge in [-0.15, -0.1) is 0 Å². The SMILES string of the molecule is Oc1c(F)ccc(CF)c1Br. The Bertz CT molecular complexity index is 275. The molecular weight excluding hydrogens is 218 g/mol. The molecule has 0 fully saturated rings. The second kappa shape index (κ2) is 3.17. The van der Waals surface area contributed by atoms with E-state index in [0.29, 0.717) is 0 Å². The summed E-state index contributed by atoms with van der Waals surface area (Å²) in [7, 11) is 0. The quantitative estimate of drug-likeness (QED) is 0.775. The molecule has 0 amide bonds. The van der Waals surface area contributed by atoms with Gasteiger partial charge >= 0.3 is 0 Å². The normalized spacial score (nSPS) is 10.1. The average molecular weight is 223 g/mol. The Labute approximate surface area is 70.8 Å². The number of phenolic OH excluding ortho intramolecular Hbond substituents is 1. The van der Waals surface area contributed by atoms with Crippen LogP contribution >= 0.6 is 15.9 Å². The molecule has 0 radical (unpaired) electrons. The number of halogens is 3. The Hall–Kier alpha value is -0.640. The zero-order valence-electron chi connectivity index (χ0n) is 5.44. The first-order valence-electron chi connectivity index (χ1n) is 2.88. The zero-order valence-corrected chi connectivity index (χ0v) is 7.03. The maximum Gasteiger partial charge on any atom is 0.166 e. The number of hydrogen-bond donors (Lipinski definition) is 1. The van der Waals surface area contributed by atoms with Crippen LogP contribution in [0.15, 0.2) is 16.6 Å². The molecular formula is C7H5BrF2O. The highest BCUT2D eigenvalue weighted by molar-refractivity contribution is 9.10. The molecule has 0 bridgehead atoms. The van der Waals surface area contributed by atoms with Crippen molar-refractivity contribution in [3.63, 3.8) is 0 Å². The van der Waals surface area contributed by atoms with Crippen LogP contribution in [-0.2, 0) is 6.67 Å². The van der Waals surface area contributed by atoms with Crippen LogP contribution in [0, 0.1) is 5.82 Å². The van der Waals surface area contributed by atoms with Gasteiger partial charge in [0.05, 0.1) is 4.47 Å². The molecule has 1 rings (SSSR count). The molecule has 0 aliphatic carbocycles. The van der Waals surface area contributed by atoms with Gasteiger partial charge < -0.3 is 5.11 Å². The van der Waals surface area contributed by atoms with Gasteiger partial charge in [-0.05, 0) is 22.0 Å². The van der Waals surface area contributed by atoms with Crippen molar-refractivity contribution in [1.82, 2.24) is 0 Å². The summed E-state index contributed by atoms with van der Waals surface area (Å²) in [5.41, 5.74) is 0.240. The van der Waals surface area contributed by atoms with Gasteiger partial charge in [-0.25, -0.2) is 8.78 Å². The molecule has 0 aliphatic heterocycles. The smallest absolute Gasteiger partial charge is 0.166 e. The number of rotatable bonds is 1. The molecule has 0 saturated heterocycles. The predicted octanol–water partition coefficient (Wildman–Crippen LogP) is 2.76. The van der Waals surface area contributed by atoms with Gasteiger partial charge in [-0.2, -0.15) is 0 Å². The number of phenols is 1. The molecule has 0 spiro atoms. The molecule has 60 valence electrons. The van der Waals surface area contributed by atoms with Crippen molar-refractivity contribution in [3.05, 3.63) is 28.0 Å². The molecule has 1 N–H and O–H groups in total. The minimum atomic E-state index is -0.755. The number of alkyl halides is 1. The van der Waals surface area contributed by atoms with Crippen molar-refractivity contribution in [1.29, 1.82) is 0 Å². The van der Waals surface area contributed by atoms with Crippen LogP contribution in [0.5, 0.6) is 5.75 Å². The fourth-order valence-corrected chi connectivity index (χ4v) is 1.11. The maximum absolute atomic E-state index is 12.5. The van der Waals surface area contributed by atoms with E-state index < -0.39 is 18.2 Å². The molecule has 0 heterocycles. The maximum atomic E-state index is 12.5. The topological polar surface area (TPSA) is 20.2 Å². The van der Waals surface area contributed by atoms with Crippen molar-refractivity contribution in [2.24, 2.45) is 0 Å². The van der Waals surface area contributed by atoms with E-state index >= 15 is 0 Å². The highest BCUT2D eigenvalue weighted by Gasteiger charge is 2.08. The Morgan fingerprint density at radius 2 is 2.09 bits per heavy atom. The minimum Gasteiger partial charge on any atom is -0.504 e. The fourth-order valence-electron chi connectivity index (χ4n) is 0.686. The number of benzene rings is 1. The Balaban J connectivity index is 3.25. The molecule has 4 heteroatoms. The number of hydrogen-bond acceptors (Lipinski definition) is 1. The summed E-state index contributed by atoms with van der Waals surface area (Å²) in [6.07, 6.45) is 0. The molecule has 0 unspecified atom stereocenters. The molecule has 11 heavy (non-hydrogen) atoms. The third-order valence-electron chi connectivity index (χ3n) is 1.29. The van der Waals surface area contributed by atoms with Gasteiger partial charge in [-0.1, -0.05) is 6.07 Å². The summed E-state index contributed by atoms with van der Waals surface area (Å²) >= 11 is 2.86. The molecule has 0 atom stereocenters. The summed E-state index contributed by atoms with van der Waals surface area (Å²) in [6, 6.07) is 2.30. The van der Waals surface area contributed by atoms with E-state index in [1.54, 1.807) is 0 Å². The lowest BCUT2D eigenvalue weighted by molar-refractivity contribution is 0.422. The van der Waals surface area contributed by atoms with E-state index in [0.717, 1.165) is 6.07 Å². The van der Waals surface area contributed by atoms with Crippen molar-refractivity contribution in [3.8, 4) is 5.75 Å². The van der Waals surface area contributed by atoms with Gasteiger partial charge in [0.15, 0.2) is 11.6 Å². The van der Waals surface area contributed by atoms with Crippen molar-refractivity contribution in [2.75, 3.05) is 0 Å². The summed E-state index contributed by atoms with van der Waals surface area (Å²) in [5, 5.41) is 8.93. The van der Waals surface area contributed by atoms with Crippen LogP contribution in [0.2, 0.25) is 0 Å². The van der Waals surface area contributed by atoms with Gasteiger partial charge in [-0.3, -0.25) is 0 Å². The van der Waals surface area contributed by atoms with Crippen molar-refractivity contribution < 1.29 is 13.9 Å². The Kier molecular flexibility index (Phi) is 2.44. The monoisotopic (exact) mass is 222 g/mol. The zero-order chi connectivity index (χ0) is 8.43. The average Bonchev–Trinajstić information content (AvgIpc) is 2.01. The first-order chi connectivity index (χ1) is 5.16. The molecule has 1 nitrogen and oxygen atoms in total. The molecule has 0 aromatic heterocycles. The first-order valence-corrected chi connectivity index (χ1v) is 3.68. The van der Waals surface area contributed by atoms with Crippen molar-refractivity contribution >= 4 is 15.9 Å². The molecule has 0 aliphatic rings. The standard InChI is InChI=1S/C7H5BrF2O/c8-6-4(3-9)1-2-5(10)7(6)11/h1-2,11H,3H2. The molecule has 1 aromatic carbocycles. The largest absolute Gasteiger partial charge is 0.504 e. The molecule has 1 aromatic rings. The van der Waals surface area contributed by atoms with Crippen LogP contribution in [0.1, 0.15) is 5.56 Å². The van der Waals surface area contributed by atoms with E-state index in [2.05, 4.69) is 15.9 Å². The highest BCUT2D eigenvalue weighted by Crippen LogP contribution is 2.30. The van der Waals surface area contributed by atoms with Gasteiger partial charge in [0.1, 0.15) is 6.67 Å².